The minimum atomic E-state index is -0.247. The van der Waals surface area contributed by atoms with Crippen LogP contribution in [0.5, 0.6) is 0 Å². The van der Waals surface area contributed by atoms with Crippen LogP contribution in [0, 0.1) is 12.7 Å². The van der Waals surface area contributed by atoms with Crippen molar-refractivity contribution in [3.05, 3.63) is 47.9 Å². The summed E-state index contributed by atoms with van der Waals surface area (Å²) in [7, 11) is 0. The van der Waals surface area contributed by atoms with E-state index in [9.17, 15) is 4.39 Å². The third kappa shape index (κ3) is 2.77. The van der Waals surface area contributed by atoms with Crippen molar-refractivity contribution in [3.8, 4) is 0 Å². The molecule has 0 unspecified atom stereocenters. The van der Waals surface area contributed by atoms with Crippen molar-refractivity contribution in [3.63, 3.8) is 0 Å². The molecule has 0 amide bonds. The number of hydrogen-bond donors (Lipinski definition) is 1. The van der Waals surface area contributed by atoms with Crippen molar-refractivity contribution in [2.24, 2.45) is 0 Å². The highest BCUT2D eigenvalue weighted by molar-refractivity contribution is 5.69. The fourth-order valence-electron chi connectivity index (χ4n) is 2.67. The standard InChI is InChI=1S/C16H19FN4/c1-12-10-15(14(18)11-13(12)17)20-6-8-21(9-7-20)16-4-2-3-5-19-16/h2-5,10-11H,6-9,18H2,1H3. The SMILES string of the molecule is Cc1cc(N2CCN(c3ccccn3)CC2)c(N)cc1F. The molecule has 1 aliphatic rings. The first-order valence-corrected chi connectivity index (χ1v) is 7.11. The van der Waals surface area contributed by atoms with Gasteiger partial charge in [0, 0.05) is 32.4 Å². The van der Waals surface area contributed by atoms with Crippen LogP contribution in [0.1, 0.15) is 5.56 Å². The first kappa shape index (κ1) is 13.7. The molecule has 1 fully saturated rings. The van der Waals surface area contributed by atoms with Crippen molar-refractivity contribution in [2.75, 3.05) is 41.7 Å². The van der Waals surface area contributed by atoms with Crippen LogP contribution in [0.25, 0.3) is 0 Å². The molecule has 2 heterocycles. The van der Waals surface area contributed by atoms with E-state index in [0.29, 0.717) is 11.3 Å². The van der Waals surface area contributed by atoms with Crippen LogP contribution in [0.2, 0.25) is 0 Å². The fourth-order valence-corrected chi connectivity index (χ4v) is 2.67. The summed E-state index contributed by atoms with van der Waals surface area (Å²) in [6, 6.07) is 9.18. The van der Waals surface area contributed by atoms with Crippen LogP contribution in [0.4, 0.5) is 21.6 Å². The minimum absolute atomic E-state index is 0.247. The first-order chi connectivity index (χ1) is 10.1. The quantitative estimate of drug-likeness (QED) is 0.861. The summed E-state index contributed by atoms with van der Waals surface area (Å²) in [5.74, 6) is 0.754. The van der Waals surface area contributed by atoms with Gasteiger partial charge < -0.3 is 15.5 Å². The van der Waals surface area contributed by atoms with Crippen molar-refractivity contribution in [2.45, 2.75) is 6.92 Å². The van der Waals surface area contributed by atoms with E-state index in [-0.39, 0.29) is 5.82 Å². The average molecular weight is 286 g/mol. The van der Waals surface area contributed by atoms with Gasteiger partial charge in [0.25, 0.3) is 0 Å². The number of halogens is 1. The average Bonchev–Trinajstić information content (AvgIpc) is 2.52. The molecule has 2 N–H and O–H groups in total. The fraction of sp³-hybridized carbons (Fsp3) is 0.312. The van der Waals surface area contributed by atoms with E-state index in [4.69, 9.17) is 5.73 Å². The second-order valence-corrected chi connectivity index (χ2v) is 5.32. The number of nitrogen functional groups attached to an aromatic ring is 1. The van der Waals surface area contributed by atoms with E-state index in [2.05, 4.69) is 14.8 Å². The molecule has 0 radical (unpaired) electrons. The molecule has 0 spiro atoms. The van der Waals surface area contributed by atoms with E-state index < -0.39 is 0 Å². The van der Waals surface area contributed by atoms with E-state index >= 15 is 0 Å². The first-order valence-electron chi connectivity index (χ1n) is 7.11. The summed E-state index contributed by atoms with van der Waals surface area (Å²) in [5.41, 5.74) is 8.02. The number of nitrogens with zero attached hydrogens (tertiary/aromatic N) is 3. The Morgan fingerprint density at radius 3 is 2.48 bits per heavy atom. The third-order valence-corrected chi connectivity index (χ3v) is 3.90. The molecule has 2 aromatic rings. The lowest BCUT2D eigenvalue weighted by Gasteiger charge is -2.37. The number of piperazine rings is 1. The monoisotopic (exact) mass is 286 g/mol. The van der Waals surface area contributed by atoms with Gasteiger partial charge in [0.2, 0.25) is 0 Å². The lowest BCUT2D eigenvalue weighted by atomic mass is 10.1. The molecule has 110 valence electrons. The Kier molecular flexibility index (Phi) is 3.64. The van der Waals surface area contributed by atoms with Gasteiger partial charge in [0.1, 0.15) is 11.6 Å². The van der Waals surface area contributed by atoms with Crippen molar-refractivity contribution in [1.29, 1.82) is 0 Å². The summed E-state index contributed by atoms with van der Waals surface area (Å²) in [6.07, 6.45) is 1.81. The highest BCUT2D eigenvalue weighted by Crippen LogP contribution is 2.28. The molecule has 4 nitrogen and oxygen atoms in total. The number of nitrogens with two attached hydrogens (primary N) is 1. The zero-order valence-corrected chi connectivity index (χ0v) is 12.1. The molecule has 1 aromatic carbocycles. The largest absolute Gasteiger partial charge is 0.397 e. The summed E-state index contributed by atoms with van der Waals surface area (Å²) < 4.78 is 13.5. The number of rotatable bonds is 2. The number of anilines is 3. The zero-order chi connectivity index (χ0) is 14.8. The molecule has 0 saturated carbocycles. The number of hydrogen-bond acceptors (Lipinski definition) is 4. The third-order valence-electron chi connectivity index (χ3n) is 3.90. The summed E-state index contributed by atoms with van der Waals surface area (Å²) >= 11 is 0. The normalized spacial score (nSPS) is 15.3. The molecule has 1 aliphatic heterocycles. The van der Waals surface area contributed by atoms with Crippen LogP contribution < -0.4 is 15.5 Å². The lowest BCUT2D eigenvalue weighted by molar-refractivity contribution is 0.616. The number of pyridine rings is 1. The highest BCUT2D eigenvalue weighted by Gasteiger charge is 2.20. The van der Waals surface area contributed by atoms with E-state index in [0.717, 1.165) is 37.7 Å². The molecule has 5 heteroatoms. The smallest absolute Gasteiger partial charge is 0.128 e. The molecule has 3 rings (SSSR count). The van der Waals surface area contributed by atoms with Gasteiger partial charge in [0.15, 0.2) is 0 Å². The zero-order valence-electron chi connectivity index (χ0n) is 12.1. The molecule has 0 bridgehead atoms. The Balaban J connectivity index is 1.73. The molecule has 21 heavy (non-hydrogen) atoms. The van der Waals surface area contributed by atoms with E-state index in [1.165, 1.54) is 6.07 Å². The molecular weight excluding hydrogens is 267 g/mol. The van der Waals surface area contributed by atoms with Crippen molar-refractivity contribution in [1.82, 2.24) is 4.98 Å². The van der Waals surface area contributed by atoms with Gasteiger partial charge in [-0.1, -0.05) is 6.07 Å². The van der Waals surface area contributed by atoms with E-state index in [1.54, 1.807) is 6.92 Å². The Hall–Kier alpha value is -2.30. The Morgan fingerprint density at radius 1 is 1.10 bits per heavy atom. The second kappa shape index (κ2) is 5.60. The predicted octanol–water partition coefficient (Wildman–Crippen LogP) is 2.44. The Bertz CT molecular complexity index is 622. The maximum Gasteiger partial charge on any atom is 0.128 e. The van der Waals surface area contributed by atoms with Crippen LogP contribution in [-0.2, 0) is 0 Å². The number of aromatic nitrogens is 1. The van der Waals surface area contributed by atoms with Crippen molar-refractivity contribution >= 4 is 17.2 Å². The van der Waals surface area contributed by atoms with E-state index in [1.807, 2.05) is 30.5 Å². The van der Waals surface area contributed by atoms with Gasteiger partial charge >= 0.3 is 0 Å². The Morgan fingerprint density at radius 2 is 1.81 bits per heavy atom. The van der Waals surface area contributed by atoms with Gasteiger partial charge in [-0.05, 0) is 36.8 Å². The highest BCUT2D eigenvalue weighted by atomic mass is 19.1. The molecule has 0 aliphatic carbocycles. The van der Waals surface area contributed by atoms with Gasteiger partial charge in [0.05, 0.1) is 11.4 Å². The molecule has 1 aromatic heterocycles. The molecule has 0 atom stereocenters. The number of benzene rings is 1. The molecule has 1 saturated heterocycles. The number of aryl methyl sites for hydroxylation is 1. The van der Waals surface area contributed by atoms with Crippen LogP contribution in [0.15, 0.2) is 36.5 Å². The van der Waals surface area contributed by atoms with Crippen LogP contribution in [-0.4, -0.2) is 31.2 Å². The van der Waals surface area contributed by atoms with Gasteiger partial charge in [-0.2, -0.15) is 0 Å². The summed E-state index contributed by atoms with van der Waals surface area (Å²) in [6.45, 7) is 5.24. The topological polar surface area (TPSA) is 45.4 Å². The van der Waals surface area contributed by atoms with Gasteiger partial charge in [-0.3, -0.25) is 0 Å². The van der Waals surface area contributed by atoms with Crippen LogP contribution in [0.3, 0.4) is 0 Å². The molecular formula is C16H19FN4. The van der Waals surface area contributed by atoms with Gasteiger partial charge in [-0.15, -0.1) is 0 Å². The lowest BCUT2D eigenvalue weighted by Crippen LogP contribution is -2.47. The Labute approximate surface area is 124 Å². The van der Waals surface area contributed by atoms with Crippen LogP contribution >= 0.6 is 0 Å². The summed E-state index contributed by atoms with van der Waals surface area (Å²) in [4.78, 5) is 8.84. The summed E-state index contributed by atoms with van der Waals surface area (Å²) in [5, 5.41) is 0. The van der Waals surface area contributed by atoms with Crippen molar-refractivity contribution < 1.29 is 4.39 Å². The maximum absolute atomic E-state index is 13.5. The van der Waals surface area contributed by atoms with Gasteiger partial charge in [-0.25, -0.2) is 9.37 Å². The minimum Gasteiger partial charge on any atom is -0.397 e. The second-order valence-electron chi connectivity index (χ2n) is 5.32. The predicted molar refractivity (Wildman–Crippen MR) is 84.2 cm³/mol. The maximum atomic E-state index is 13.5.